The van der Waals surface area contributed by atoms with Gasteiger partial charge in [-0.3, -0.25) is 0 Å². The highest BCUT2D eigenvalue weighted by molar-refractivity contribution is 6.62. The lowest BCUT2D eigenvalue weighted by atomic mass is 9.79. The van der Waals surface area contributed by atoms with Crippen molar-refractivity contribution < 1.29 is 48.3 Å². The molecule has 0 radical (unpaired) electrons. The first-order valence-electron chi connectivity index (χ1n) is 12.4. The average molecular weight is 625 g/mol. The van der Waals surface area contributed by atoms with Crippen LogP contribution in [0, 0.1) is 0 Å². The quantitative estimate of drug-likeness (QED) is 0.168. The van der Waals surface area contributed by atoms with Gasteiger partial charge in [-0.2, -0.15) is 0 Å². The Hall–Kier alpha value is -4.60. The summed E-state index contributed by atoms with van der Waals surface area (Å²) in [6.45, 7) is 0.803. The number of ether oxygens (including phenoxy) is 3. The number of phenolic OH excluding ortho intramolecular Hbond substituents is 1. The van der Waals surface area contributed by atoms with Crippen LogP contribution in [0.4, 0.5) is 0 Å². The summed E-state index contributed by atoms with van der Waals surface area (Å²) in [5.74, 6) is -0.349. The van der Waals surface area contributed by atoms with E-state index < -0.39 is 26.2 Å². The van der Waals surface area contributed by atoms with Gasteiger partial charge in [-0.1, -0.05) is 19.6 Å². The number of aromatic nitrogens is 4. The molecule has 14 nitrogen and oxygen atoms in total. The molecule has 228 valence electrons. The zero-order valence-electron chi connectivity index (χ0n) is 22.7. The summed E-state index contributed by atoms with van der Waals surface area (Å²) < 4.78 is 24.5. The fourth-order valence-corrected chi connectivity index (χ4v) is 3.79. The maximum atomic E-state index is 11.3. The maximum Gasteiger partial charge on any atom is 0.491 e. The summed E-state index contributed by atoms with van der Waals surface area (Å²) in [7, 11) is 0.769. The number of hydrogen-bond donors (Lipinski definition) is 3. The third-order valence-electron chi connectivity index (χ3n) is 5.87. The Bertz CT molecular complexity index is 1580. The Morgan fingerprint density at radius 1 is 0.795 bits per heavy atom. The number of esters is 2. The van der Waals surface area contributed by atoms with Crippen molar-refractivity contribution in [3.05, 3.63) is 88.7 Å². The number of phenols is 1. The molecule has 4 aromatic rings. The molecule has 6 rings (SSSR count). The number of carbonyl (C=O) groups excluding carboxylic acids is 2. The number of aromatic hydroxyl groups is 1. The molecule has 2 aromatic heterocycles. The molecule has 4 heterocycles. The van der Waals surface area contributed by atoms with Gasteiger partial charge >= 0.3 is 32.2 Å². The van der Waals surface area contributed by atoms with Crippen LogP contribution < -0.4 is 15.7 Å². The van der Waals surface area contributed by atoms with E-state index in [0.717, 1.165) is 11.1 Å². The number of benzene rings is 2. The highest BCUT2D eigenvalue weighted by atomic mass is 35.5. The molecule has 0 saturated carbocycles. The monoisotopic (exact) mass is 624 g/mol. The number of rotatable bonds is 4. The number of carbonyl (C=O) groups is 2. The normalized spacial score (nSPS) is 12.3. The van der Waals surface area contributed by atoms with Gasteiger partial charge in [0.1, 0.15) is 11.5 Å². The SMILES string of the molecule is C.COC(=O)c1cnc(Cl)nc1.COC(=O)c1cnc(Oc2ccc3c(c2)B(O)OC3)nc1.OB1OCc2ccc(O)cc21. The third-order valence-corrected chi connectivity index (χ3v) is 6.07. The molecular weight excluding hydrogens is 597 g/mol. The molecule has 17 heteroatoms. The molecule has 0 bridgehead atoms. The van der Waals surface area contributed by atoms with Crippen LogP contribution in [0.5, 0.6) is 17.5 Å². The number of hydrogen-bond acceptors (Lipinski definition) is 14. The van der Waals surface area contributed by atoms with E-state index in [-0.39, 0.29) is 35.6 Å². The van der Waals surface area contributed by atoms with Crippen molar-refractivity contribution in [1.29, 1.82) is 0 Å². The third kappa shape index (κ3) is 8.72. The Kier molecular flexibility index (Phi) is 12.1. The van der Waals surface area contributed by atoms with E-state index in [1.54, 1.807) is 24.3 Å². The van der Waals surface area contributed by atoms with Gasteiger partial charge in [0, 0.05) is 24.8 Å². The second-order valence-electron chi connectivity index (χ2n) is 8.65. The Morgan fingerprint density at radius 2 is 1.27 bits per heavy atom. The maximum absolute atomic E-state index is 11.3. The fourth-order valence-electron chi connectivity index (χ4n) is 3.69. The van der Waals surface area contributed by atoms with Crippen LogP contribution in [0.1, 0.15) is 39.3 Å². The number of nitrogens with zero attached hydrogens (tertiary/aromatic N) is 4. The van der Waals surface area contributed by atoms with Crippen molar-refractivity contribution in [2.45, 2.75) is 20.6 Å². The van der Waals surface area contributed by atoms with Crippen LogP contribution in [-0.4, -0.2) is 75.5 Å². The lowest BCUT2D eigenvalue weighted by Crippen LogP contribution is -2.27. The van der Waals surface area contributed by atoms with E-state index in [0.29, 0.717) is 29.9 Å². The van der Waals surface area contributed by atoms with Gasteiger partial charge in [0.05, 0.1) is 38.6 Å². The highest BCUT2D eigenvalue weighted by Gasteiger charge is 2.28. The number of halogens is 1. The van der Waals surface area contributed by atoms with Gasteiger partial charge in [0.2, 0.25) is 5.28 Å². The van der Waals surface area contributed by atoms with Gasteiger partial charge in [-0.25, -0.2) is 29.5 Å². The van der Waals surface area contributed by atoms with E-state index >= 15 is 0 Å². The molecule has 44 heavy (non-hydrogen) atoms. The molecule has 0 fully saturated rings. The summed E-state index contributed by atoms with van der Waals surface area (Å²) in [5, 5.41) is 28.0. The Morgan fingerprint density at radius 3 is 1.80 bits per heavy atom. The Balaban J connectivity index is 0.000000195. The first-order chi connectivity index (χ1) is 20.7. The molecule has 0 atom stereocenters. The predicted octanol–water partition coefficient (Wildman–Crippen LogP) is 1.44. The first kappa shape index (κ1) is 33.9. The highest BCUT2D eigenvalue weighted by Crippen LogP contribution is 2.20. The predicted molar refractivity (Wildman–Crippen MR) is 158 cm³/mol. The molecule has 0 aliphatic carbocycles. The smallest absolute Gasteiger partial charge is 0.491 e. The van der Waals surface area contributed by atoms with Crippen molar-refractivity contribution in [2.75, 3.05) is 14.2 Å². The van der Waals surface area contributed by atoms with Gasteiger partial charge in [-0.15, -0.1) is 0 Å². The molecule has 2 aromatic carbocycles. The average Bonchev–Trinajstić information content (AvgIpc) is 3.59. The van der Waals surface area contributed by atoms with Crippen molar-refractivity contribution in [2.24, 2.45) is 0 Å². The summed E-state index contributed by atoms with van der Waals surface area (Å²) in [4.78, 5) is 37.1. The first-order valence-corrected chi connectivity index (χ1v) is 12.7. The van der Waals surface area contributed by atoms with Crippen LogP contribution in [0.3, 0.4) is 0 Å². The number of fused-ring (bicyclic) bond motifs is 2. The standard InChI is InChI=1S/C13H11BN2O5.C7H7BO3.C6H5ClN2O2.CH4/c1-19-12(17)9-5-15-13(16-6-9)21-10-3-2-8-7-20-14(18)11(8)4-10;9-6-2-1-5-4-11-8(10)7(5)3-6;1-11-5(10)4-2-8-6(7)9-3-4;/h2-6,18H,7H2,1H3;1-3,9-10H,4H2;2-3H,1H3;1H4. The molecule has 2 aliphatic heterocycles. The lowest BCUT2D eigenvalue weighted by molar-refractivity contribution is 0.0590. The van der Waals surface area contributed by atoms with Gasteiger partial charge in [0.25, 0.3) is 0 Å². The van der Waals surface area contributed by atoms with Crippen molar-refractivity contribution >= 4 is 48.7 Å². The lowest BCUT2D eigenvalue weighted by Gasteiger charge is -2.06. The molecule has 0 saturated heterocycles. The van der Waals surface area contributed by atoms with Crippen LogP contribution in [0.2, 0.25) is 5.28 Å². The molecular formula is C27H27B2ClN4O10. The van der Waals surface area contributed by atoms with Gasteiger partial charge in [0.15, 0.2) is 0 Å². The van der Waals surface area contributed by atoms with Crippen LogP contribution in [-0.2, 0) is 32.0 Å². The van der Waals surface area contributed by atoms with E-state index in [4.69, 9.17) is 30.8 Å². The second kappa shape index (κ2) is 15.7. The van der Waals surface area contributed by atoms with Crippen LogP contribution in [0.15, 0.2) is 61.2 Å². The van der Waals surface area contributed by atoms with Crippen LogP contribution >= 0.6 is 11.6 Å². The van der Waals surface area contributed by atoms with E-state index in [2.05, 4.69) is 29.4 Å². The molecule has 0 spiro atoms. The van der Waals surface area contributed by atoms with Gasteiger partial charge in [-0.05, 0) is 57.9 Å². The minimum absolute atomic E-state index is 0. The van der Waals surface area contributed by atoms with Crippen molar-refractivity contribution in [1.82, 2.24) is 19.9 Å². The van der Waals surface area contributed by atoms with Crippen molar-refractivity contribution in [3.63, 3.8) is 0 Å². The summed E-state index contributed by atoms with van der Waals surface area (Å²) in [6.07, 6.45) is 5.25. The topological polar surface area (TPSA) is 193 Å². The zero-order chi connectivity index (χ0) is 30.9. The largest absolute Gasteiger partial charge is 0.508 e. The van der Waals surface area contributed by atoms with E-state index in [9.17, 15) is 19.6 Å². The molecule has 3 N–H and O–H groups in total. The van der Waals surface area contributed by atoms with E-state index in [1.807, 2.05) is 6.07 Å². The summed E-state index contributed by atoms with van der Waals surface area (Å²) in [5.41, 5.74) is 3.72. The minimum atomic E-state index is -0.939. The van der Waals surface area contributed by atoms with Crippen molar-refractivity contribution in [3.8, 4) is 17.5 Å². The second-order valence-corrected chi connectivity index (χ2v) is 8.99. The summed E-state index contributed by atoms with van der Waals surface area (Å²) in [6, 6.07) is 10.2. The molecule has 0 amide bonds. The van der Waals surface area contributed by atoms with E-state index in [1.165, 1.54) is 45.1 Å². The Labute approximate surface area is 257 Å². The fraction of sp³-hybridized carbons (Fsp3) is 0.185. The summed E-state index contributed by atoms with van der Waals surface area (Å²) >= 11 is 5.39. The van der Waals surface area contributed by atoms with Crippen LogP contribution in [0.25, 0.3) is 0 Å². The number of methoxy groups -OCH3 is 2. The molecule has 0 unspecified atom stereocenters. The molecule has 2 aliphatic rings. The van der Waals surface area contributed by atoms with Gasteiger partial charge < -0.3 is 38.7 Å². The minimum Gasteiger partial charge on any atom is -0.508 e. The zero-order valence-corrected chi connectivity index (χ0v) is 23.5.